The molecule has 1 saturated heterocycles. The maximum atomic E-state index is 12.7. The van der Waals surface area contributed by atoms with Gasteiger partial charge in [0.2, 0.25) is 11.8 Å². The molecular formula is C20H31N3O2S. The average Bonchev–Trinajstić information content (AvgIpc) is 3.25. The molecule has 1 aromatic rings. The fourth-order valence-electron chi connectivity index (χ4n) is 4.14. The van der Waals surface area contributed by atoms with Crippen molar-refractivity contribution in [2.24, 2.45) is 5.92 Å². The molecule has 3 rings (SSSR count). The van der Waals surface area contributed by atoms with Gasteiger partial charge in [-0.1, -0.05) is 19.3 Å². The average molecular weight is 378 g/mol. The second-order valence-corrected chi connectivity index (χ2v) is 8.80. The van der Waals surface area contributed by atoms with E-state index in [1.165, 1.54) is 12.0 Å². The van der Waals surface area contributed by atoms with Crippen LogP contribution >= 0.6 is 11.3 Å². The van der Waals surface area contributed by atoms with Crippen molar-refractivity contribution in [3.63, 3.8) is 0 Å². The van der Waals surface area contributed by atoms with Crippen molar-refractivity contribution in [3.8, 4) is 0 Å². The third kappa shape index (κ3) is 5.07. The molecule has 26 heavy (non-hydrogen) atoms. The molecule has 2 aliphatic rings. The van der Waals surface area contributed by atoms with Gasteiger partial charge in [-0.15, -0.1) is 0 Å². The highest BCUT2D eigenvalue weighted by atomic mass is 32.1. The van der Waals surface area contributed by atoms with Crippen molar-refractivity contribution < 1.29 is 9.59 Å². The van der Waals surface area contributed by atoms with Gasteiger partial charge >= 0.3 is 0 Å². The second kappa shape index (κ2) is 9.00. The maximum absolute atomic E-state index is 12.7. The zero-order chi connectivity index (χ0) is 18.5. The number of hydrogen-bond acceptors (Lipinski definition) is 4. The molecule has 2 unspecified atom stereocenters. The smallest absolute Gasteiger partial charge is 0.237 e. The third-order valence-corrected chi connectivity index (χ3v) is 6.16. The Kier molecular flexibility index (Phi) is 6.70. The van der Waals surface area contributed by atoms with E-state index in [1.807, 2.05) is 13.8 Å². The standard InChI is InChI=1S/C20H31N3O2S/c1-14(2)21-20(25)18-10-17(12-23(18)11-15-8-9-26-13-15)22-19(24)16-6-4-3-5-7-16/h8-9,13-14,16-18H,3-7,10-12H2,1-2H3,(H,21,25)(H,22,24). The van der Waals surface area contributed by atoms with Gasteiger partial charge in [0.1, 0.15) is 0 Å². The predicted octanol–water partition coefficient (Wildman–Crippen LogP) is 2.91. The van der Waals surface area contributed by atoms with Crippen LogP contribution in [0.1, 0.15) is 57.9 Å². The minimum atomic E-state index is -0.172. The van der Waals surface area contributed by atoms with Crippen molar-refractivity contribution in [2.45, 2.75) is 77.0 Å². The van der Waals surface area contributed by atoms with Crippen molar-refractivity contribution >= 4 is 23.2 Å². The molecule has 0 bridgehead atoms. The number of thiophene rings is 1. The first-order valence-electron chi connectivity index (χ1n) is 9.89. The number of carbonyl (C=O) groups excluding carboxylic acids is 2. The van der Waals surface area contributed by atoms with Crippen LogP contribution < -0.4 is 10.6 Å². The summed E-state index contributed by atoms with van der Waals surface area (Å²) in [5, 5.41) is 10.5. The molecule has 1 aromatic heterocycles. The summed E-state index contributed by atoms with van der Waals surface area (Å²) in [5.41, 5.74) is 1.23. The fraction of sp³-hybridized carbons (Fsp3) is 0.700. The first kappa shape index (κ1) is 19.4. The van der Waals surface area contributed by atoms with E-state index in [9.17, 15) is 9.59 Å². The van der Waals surface area contributed by atoms with Gasteiger partial charge in [-0.2, -0.15) is 11.3 Å². The molecule has 2 amide bonds. The number of rotatable bonds is 6. The molecule has 2 atom stereocenters. The van der Waals surface area contributed by atoms with Gasteiger partial charge in [0, 0.05) is 31.1 Å². The largest absolute Gasteiger partial charge is 0.353 e. The van der Waals surface area contributed by atoms with Gasteiger partial charge in [-0.3, -0.25) is 14.5 Å². The predicted molar refractivity (Wildman–Crippen MR) is 105 cm³/mol. The Labute approximate surface area is 160 Å². The quantitative estimate of drug-likeness (QED) is 0.801. The Hall–Kier alpha value is -1.40. The summed E-state index contributed by atoms with van der Waals surface area (Å²) >= 11 is 1.68. The van der Waals surface area contributed by atoms with Crippen molar-refractivity contribution in [1.82, 2.24) is 15.5 Å². The number of carbonyl (C=O) groups is 2. The highest BCUT2D eigenvalue weighted by Gasteiger charge is 2.38. The zero-order valence-electron chi connectivity index (χ0n) is 15.9. The van der Waals surface area contributed by atoms with E-state index in [0.717, 1.165) is 38.8 Å². The Balaban J connectivity index is 1.62. The number of likely N-dealkylation sites (tertiary alicyclic amines) is 1. The van der Waals surface area contributed by atoms with Gasteiger partial charge < -0.3 is 10.6 Å². The van der Waals surface area contributed by atoms with Crippen LogP contribution in [0.2, 0.25) is 0 Å². The Bertz CT molecular complexity index is 596. The molecule has 2 heterocycles. The number of hydrogen-bond donors (Lipinski definition) is 2. The summed E-state index contributed by atoms with van der Waals surface area (Å²) < 4.78 is 0. The Morgan fingerprint density at radius 1 is 1.23 bits per heavy atom. The monoisotopic (exact) mass is 377 g/mol. The minimum Gasteiger partial charge on any atom is -0.353 e. The van der Waals surface area contributed by atoms with Crippen LogP contribution in [0.3, 0.4) is 0 Å². The van der Waals surface area contributed by atoms with Gasteiger partial charge in [0.25, 0.3) is 0 Å². The van der Waals surface area contributed by atoms with Crippen LogP contribution in [0.4, 0.5) is 0 Å². The second-order valence-electron chi connectivity index (χ2n) is 8.02. The number of amides is 2. The highest BCUT2D eigenvalue weighted by molar-refractivity contribution is 7.07. The van der Waals surface area contributed by atoms with E-state index in [0.29, 0.717) is 6.42 Å². The summed E-state index contributed by atoms with van der Waals surface area (Å²) in [6.07, 6.45) is 6.28. The van der Waals surface area contributed by atoms with Gasteiger partial charge in [0.15, 0.2) is 0 Å². The van der Waals surface area contributed by atoms with E-state index >= 15 is 0 Å². The van der Waals surface area contributed by atoms with Crippen molar-refractivity contribution in [3.05, 3.63) is 22.4 Å². The van der Waals surface area contributed by atoms with Crippen LogP contribution in [0.25, 0.3) is 0 Å². The molecule has 0 aromatic carbocycles. The first-order chi connectivity index (χ1) is 12.5. The van der Waals surface area contributed by atoms with Crippen LogP contribution in [0, 0.1) is 5.92 Å². The molecule has 144 valence electrons. The highest BCUT2D eigenvalue weighted by Crippen LogP contribution is 2.26. The molecular weight excluding hydrogens is 346 g/mol. The summed E-state index contributed by atoms with van der Waals surface area (Å²) in [7, 11) is 0. The van der Waals surface area contributed by atoms with Gasteiger partial charge in [-0.25, -0.2) is 0 Å². The third-order valence-electron chi connectivity index (χ3n) is 5.43. The Morgan fingerprint density at radius 2 is 2.00 bits per heavy atom. The lowest BCUT2D eigenvalue weighted by molar-refractivity contribution is -0.127. The summed E-state index contributed by atoms with van der Waals surface area (Å²) in [4.78, 5) is 27.5. The molecule has 2 fully saturated rings. The van der Waals surface area contributed by atoms with Crippen LogP contribution in [-0.4, -0.2) is 41.4 Å². The fourth-order valence-corrected chi connectivity index (χ4v) is 4.80. The normalized spacial score (nSPS) is 24.7. The van der Waals surface area contributed by atoms with E-state index in [4.69, 9.17) is 0 Å². The van der Waals surface area contributed by atoms with E-state index in [1.54, 1.807) is 11.3 Å². The van der Waals surface area contributed by atoms with Crippen LogP contribution in [0.5, 0.6) is 0 Å². The molecule has 1 aliphatic heterocycles. The Morgan fingerprint density at radius 3 is 2.65 bits per heavy atom. The topological polar surface area (TPSA) is 61.4 Å². The molecule has 0 radical (unpaired) electrons. The van der Waals surface area contributed by atoms with Gasteiger partial charge in [-0.05, 0) is 55.5 Å². The molecule has 2 N–H and O–H groups in total. The summed E-state index contributed by atoms with van der Waals surface area (Å²) in [5.74, 6) is 0.428. The molecule has 1 saturated carbocycles. The summed E-state index contributed by atoms with van der Waals surface area (Å²) in [6, 6.07) is 2.12. The van der Waals surface area contributed by atoms with E-state index < -0.39 is 0 Å². The molecule has 6 heteroatoms. The number of nitrogens with zero attached hydrogens (tertiary/aromatic N) is 1. The lowest BCUT2D eigenvalue weighted by Gasteiger charge is -2.24. The molecule has 5 nitrogen and oxygen atoms in total. The molecule has 1 aliphatic carbocycles. The minimum absolute atomic E-state index is 0.0611. The van der Waals surface area contributed by atoms with Gasteiger partial charge in [0.05, 0.1) is 6.04 Å². The lowest BCUT2D eigenvalue weighted by atomic mass is 9.88. The van der Waals surface area contributed by atoms with E-state index in [2.05, 4.69) is 32.4 Å². The summed E-state index contributed by atoms with van der Waals surface area (Å²) in [6.45, 7) is 5.47. The lowest BCUT2D eigenvalue weighted by Crippen LogP contribution is -2.45. The van der Waals surface area contributed by atoms with Crippen LogP contribution in [-0.2, 0) is 16.1 Å². The first-order valence-corrected chi connectivity index (χ1v) is 10.8. The molecule has 0 spiro atoms. The van der Waals surface area contributed by atoms with Crippen molar-refractivity contribution in [1.29, 1.82) is 0 Å². The van der Waals surface area contributed by atoms with Crippen molar-refractivity contribution in [2.75, 3.05) is 6.54 Å². The number of nitrogens with one attached hydrogen (secondary N) is 2. The SMILES string of the molecule is CC(C)NC(=O)C1CC(NC(=O)C2CCCCC2)CN1Cc1ccsc1. The maximum Gasteiger partial charge on any atom is 0.237 e. The van der Waals surface area contributed by atoms with E-state index in [-0.39, 0.29) is 35.9 Å². The van der Waals surface area contributed by atoms with Crippen LogP contribution in [0.15, 0.2) is 16.8 Å². The zero-order valence-corrected chi connectivity index (χ0v) is 16.7.